The largest absolute Gasteiger partial charge is 0.465 e. The Morgan fingerprint density at radius 1 is 0.877 bits per heavy atom. The summed E-state index contributed by atoms with van der Waals surface area (Å²) in [6, 6.07) is 17.9. The molecule has 440 valence electrons. The third-order valence-corrected chi connectivity index (χ3v) is 19.4. The molecule has 8 rings (SSSR count). The van der Waals surface area contributed by atoms with Gasteiger partial charge in [0.25, 0.3) is 5.56 Å². The lowest BCUT2D eigenvalue weighted by molar-refractivity contribution is -0.145. The number of aromatic nitrogens is 2. The quantitative estimate of drug-likeness (QED) is 0.0162. The minimum atomic E-state index is -1.19. The van der Waals surface area contributed by atoms with Gasteiger partial charge in [-0.15, -0.1) is 0 Å². The standard InChI is InChI=1S/C63H82N2O14S2/c1-6-40(34-75-24-9-25-76-60-59(71)55(33-66)79-61(60)65-23-22-56(69)64-63(65)73)36-80-81-37-43(35-77-57(70)11-8-7-10-44-16-17-45-30-47(68)31-51(44)45)28-41(14-12-38(2)3)27-42-15-20-48(52(29-42)62(72)74-5)58-49-19-13-39(4)26-53(49)78-54-32-46(67)18-21-50(54)58/h13,15,18-23,26,29,32,38,40-41,43-45,51,55,59-61,66,71H,6-12,14,16-17,24-25,27-28,30-31,33-37H2,1-5H3,(H,64,69,73)/t40?,41?,43?,44-,45?,51?,55?,59?,60?,61?/m1/s1. The maximum atomic E-state index is 13.8. The topological polar surface area (TPSA) is 223 Å². The molecule has 16 nitrogen and oxygen atoms in total. The van der Waals surface area contributed by atoms with Crippen LogP contribution in [0.25, 0.3) is 33.4 Å². The first-order valence-electron chi connectivity index (χ1n) is 29.2. The van der Waals surface area contributed by atoms with Crippen molar-refractivity contribution in [2.75, 3.05) is 51.6 Å². The Kier molecular flexibility index (Phi) is 22.9. The van der Waals surface area contributed by atoms with Crippen LogP contribution in [0.15, 0.2) is 85.7 Å². The first-order chi connectivity index (χ1) is 39.1. The Balaban J connectivity index is 0.901. The van der Waals surface area contributed by atoms with Gasteiger partial charge < -0.3 is 38.3 Å². The zero-order valence-electron chi connectivity index (χ0n) is 47.6. The molecule has 0 radical (unpaired) electrons. The van der Waals surface area contributed by atoms with E-state index in [-0.39, 0.29) is 35.8 Å². The Bertz CT molecular complexity index is 3050. The molecule has 3 heterocycles. The first-order valence-corrected chi connectivity index (χ1v) is 31.7. The third-order valence-electron chi connectivity index (χ3n) is 16.7. The third kappa shape index (κ3) is 16.6. The second kappa shape index (κ2) is 29.9. The fourth-order valence-electron chi connectivity index (χ4n) is 12.2. The molecule has 9 unspecified atom stereocenters. The SMILES string of the molecule is CCC(COCCCOC1C(O)C(CO)OC1n1ccc(=O)[nH]c1=O)CSSCC(COC(=O)CCCC[C@@H]1CCC2CC(=O)CC21)CC(CCC(C)C)Cc1ccc(-c2c3ccc(=O)cc-3oc3cc(C)ccc23)c(C(=O)OC)c1. The molecule has 5 aliphatic rings. The van der Waals surface area contributed by atoms with Crippen LogP contribution in [0.2, 0.25) is 0 Å². The number of hydrogen-bond acceptors (Lipinski definition) is 16. The average Bonchev–Trinajstić information content (AvgIpc) is 4.15. The normalized spacial score (nSPS) is 21.9. The number of nitrogens with one attached hydrogen (secondary N) is 1. The van der Waals surface area contributed by atoms with Gasteiger partial charge in [-0.05, 0) is 128 Å². The number of benzene rings is 3. The zero-order valence-corrected chi connectivity index (χ0v) is 49.2. The van der Waals surface area contributed by atoms with E-state index in [1.165, 1.54) is 37.9 Å². The molecule has 3 aromatic rings. The predicted octanol–water partition coefficient (Wildman–Crippen LogP) is 10.4. The van der Waals surface area contributed by atoms with E-state index < -0.39 is 48.4 Å². The number of ether oxygens (including phenoxy) is 5. The van der Waals surface area contributed by atoms with E-state index in [0.717, 1.165) is 108 Å². The summed E-state index contributed by atoms with van der Waals surface area (Å²) in [5, 5.41) is 21.4. The van der Waals surface area contributed by atoms with Gasteiger partial charge in [0.05, 0.1) is 32.5 Å². The fraction of sp³-hybridized carbons (Fsp3) is 0.587. The summed E-state index contributed by atoms with van der Waals surface area (Å²) in [5.41, 5.74) is 3.79. The van der Waals surface area contributed by atoms with Crippen molar-refractivity contribution in [3.8, 4) is 22.5 Å². The van der Waals surface area contributed by atoms with E-state index in [1.807, 2.05) is 37.3 Å². The van der Waals surface area contributed by atoms with Crippen LogP contribution < -0.4 is 16.7 Å². The maximum absolute atomic E-state index is 13.8. The molecule has 2 aromatic carbocycles. The van der Waals surface area contributed by atoms with E-state index in [2.05, 4.69) is 31.8 Å². The van der Waals surface area contributed by atoms with Crippen molar-refractivity contribution >= 4 is 50.3 Å². The van der Waals surface area contributed by atoms with Gasteiger partial charge in [0.1, 0.15) is 35.4 Å². The number of unbranched alkanes of at least 4 members (excludes halogenated alkanes) is 1. The number of aryl methyl sites for hydroxylation is 1. The molecule has 3 N–H and O–H groups in total. The van der Waals surface area contributed by atoms with Crippen LogP contribution in [0.4, 0.5) is 0 Å². The summed E-state index contributed by atoms with van der Waals surface area (Å²) >= 11 is 0. The number of hydrogen-bond donors (Lipinski definition) is 3. The maximum Gasteiger partial charge on any atom is 0.338 e. The van der Waals surface area contributed by atoms with Crippen LogP contribution in [-0.2, 0) is 39.7 Å². The Morgan fingerprint density at radius 3 is 2.44 bits per heavy atom. The Labute approximate surface area is 482 Å². The van der Waals surface area contributed by atoms with Crippen LogP contribution in [0.5, 0.6) is 0 Å². The van der Waals surface area contributed by atoms with Gasteiger partial charge in [-0.2, -0.15) is 0 Å². The van der Waals surface area contributed by atoms with Crippen molar-refractivity contribution in [2.45, 2.75) is 142 Å². The highest BCUT2D eigenvalue weighted by molar-refractivity contribution is 8.76. The molecular weight excluding hydrogens is 1070 g/mol. The number of rotatable bonds is 31. The second-order valence-corrected chi connectivity index (χ2v) is 25.7. The Morgan fingerprint density at radius 2 is 1.68 bits per heavy atom. The molecule has 2 aliphatic heterocycles. The molecule has 81 heavy (non-hydrogen) atoms. The molecule has 0 spiro atoms. The van der Waals surface area contributed by atoms with Gasteiger partial charge in [-0.25, -0.2) is 9.59 Å². The van der Waals surface area contributed by atoms with Crippen LogP contribution in [0.3, 0.4) is 0 Å². The number of carbonyl (C=O) groups excluding carboxylic acids is 3. The van der Waals surface area contributed by atoms with Crippen molar-refractivity contribution in [3.63, 3.8) is 0 Å². The number of carbonyl (C=O) groups is 3. The van der Waals surface area contributed by atoms with Gasteiger partial charge in [0, 0.05) is 84.7 Å². The van der Waals surface area contributed by atoms with E-state index in [0.29, 0.717) is 91.0 Å². The van der Waals surface area contributed by atoms with Gasteiger partial charge in [-0.1, -0.05) is 92.3 Å². The lowest BCUT2D eigenvalue weighted by atomic mass is 9.84. The second-order valence-electron chi connectivity index (χ2n) is 23.1. The number of aliphatic hydroxyl groups is 2. The fourth-order valence-corrected chi connectivity index (χ4v) is 15.1. The summed E-state index contributed by atoms with van der Waals surface area (Å²) in [7, 11) is 4.97. The van der Waals surface area contributed by atoms with Crippen molar-refractivity contribution in [1.29, 1.82) is 0 Å². The molecule has 0 bridgehead atoms. The molecule has 2 saturated carbocycles. The number of aliphatic hydroxyl groups excluding tert-OH is 2. The Hall–Kier alpha value is -5.08. The molecule has 10 atom stereocenters. The number of ketones is 1. The molecular formula is C63H82N2O14S2. The van der Waals surface area contributed by atoms with Gasteiger partial charge in [-0.3, -0.25) is 28.7 Å². The number of H-pyrrole nitrogens is 1. The summed E-state index contributed by atoms with van der Waals surface area (Å²) in [4.78, 5) is 78.3. The summed E-state index contributed by atoms with van der Waals surface area (Å²) in [6.07, 6.45) is 9.00. The highest BCUT2D eigenvalue weighted by atomic mass is 33.1. The minimum Gasteiger partial charge on any atom is -0.465 e. The van der Waals surface area contributed by atoms with E-state index in [9.17, 15) is 39.0 Å². The lowest BCUT2D eigenvalue weighted by Crippen LogP contribution is -2.39. The van der Waals surface area contributed by atoms with Crippen molar-refractivity contribution in [2.24, 2.45) is 41.4 Å². The highest BCUT2D eigenvalue weighted by Crippen LogP contribution is 2.48. The number of Topliss-reactive ketones (excluding diaryl/α,β-unsaturated/α-hetero) is 1. The predicted molar refractivity (Wildman–Crippen MR) is 316 cm³/mol. The smallest absolute Gasteiger partial charge is 0.338 e. The molecule has 1 saturated heterocycles. The monoisotopic (exact) mass is 1150 g/mol. The van der Waals surface area contributed by atoms with Crippen LogP contribution >= 0.6 is 21.6 Å². The van der Waals surface area contributed by atoms with E-state index in [1.54, 1.807) is 27.7 Å². The van der Waals surface area contributed by atoms with E-state index >= 15 is 0 Å². The summed E-state index contributed by atoms with van der Waals surface area (Å²) < 4.78 is 36.8. The molecule has 18 heteroatoms. The van der Waals surface area contributed by atoms with Crippen LogP contribution in [0.1, 0.15) is 132 Å². The van der Waals surface area contributed by atoms with Gasteiger partial charge in [0.2, 0.25) is 0 Å². The minimum absolute atomic E-state index is 0.0635. The molecule has 3 fully saturated rings. The van der Waals surface area contributed by atoms with Gasteiger partial charge >= 0.3 is 17.6 Å². The number of esters is 2. The molecule has 1 aromatic heterocycles. The summed E-state index contributed by atoms with van der Waals surface area (Å²) in [5.74, 6) is 4.51. The number of aromatic amines is 1. The van der Waals surface area contributed by atoms with Crippen molar-refractivity contribution < 1.29 is 52.7 Å². The van der Waals surface area contributed by atoms with Crippen LogP contribution in [-0.4, -0.2) is 107 Å². The number of fused-ring (bicyclic) bond motifs is 3. The van der Waals surface area contributed by atoms with Gasteiger partial charge in [0.15, 0.2) is 11.7 Å². The van der Waals surface area contributed by atoms with E-state index in [4.69, 9.17) is 28.1 Å². The molecule has 0 amide bonds. The van der Waals surface area contributed by atoms with Crippen molar-refractivity contribution in [1.82, 2.24) is 9.55 Å². The van der Waals surface area contributed by atoms with Crippen LogP contribution in [0, 0.1) is 48.3 Å². The number of methoxy groups -OCH3 is 1. The average molecular weight is 1160 g/mol. The lowest BCUT2D eigenvalue weighted by Gasteiger charge is -2.25. The van der Waals surface area contributed by atoms with Crippen molar-refractivity contribution in [3.05, 3.63) is 115 Å². The highest BCUT2D eigenvalue weighted by Gasteiger charge is 2.46. The summed E-state index contributed by atoms with van der Waals surface area (Å²) in [6.45, 7) is 9.57. The first kappa shape index (κ1) is 62.0. The zero-order chi connectivity index (χ0) is 57.6. The molecule has 3 aliphatic carbocycles. The number of nitrogens with zero attached hydrogens (tertiary/aromatic N) is 1.